The summed E-state index contributed by atoms with van der Waals surface area (Å²) >= 11 is 0. The van der Waals surface area contributed by atoms with Crippen molar-refractivity contribution < 1.29 is 9.59 Å². The zero-order chi connectivity index (χ0) is 12.3. The highest BCUT2D eigenvalue weighted by Crippen LogP contribution is 2.18. The second-order valence-electron chi connectivity index (χ2n) is 5.11. The monoisotopic (exact) mass is 239 g/mol. The van der Waals surface area contributed by atoms with Crippen LogP contribution in [-0.4, -0.2) is 42.0 Å². The molecule has 0 aromatic heterocycles. The second kappa shape index (κ2) is 5.49. The van der Waals surface area contributed by atoms with Crippen LogP contribution in [0, 0.1) is 0 Å². The maximum absolute atomic E-state index is 11.7. The Morgan fingerprint density at radius 3 is 2.65 bits per heavy atom. The molecule has 2 aliphatic rings. The molecule has 0 radical (unpaired) electrons. The summed E-state index contributed by atoms with van der Waals surface area (Å²) in [6.45, 7) is 3.43. The van der Waals surface area contributed by atoms with Gasteiger partial charge >= 0.3 is 6.03 Å². The summed E-state index contributed by atoms with van der Waals surface area (Å²) in [6.07, 6.45) is 5.59. The number of nitrogens with zero attached hydrogens (tertiary/aromatic N) is 1. The predicted molar refractivity (Wildman–Crippen MR) is 64.6 cm³/mol. The van der Waals surface area contributed by atoms with Crippen molar-refractivity contribution in [2.45, 2.75) is 51.1 Å². The van der Waals surface area contributed by atoms with Crippen LogP contribution in [0.5, 0.6) is 0 Å². The van der Waals surface area contributed by atoms with Crippen molar-refractivity contribution >= 4 is 11.9 Å². The first-order valence-corrected chi connectivity index (χ1v) is 6.49. The average Bonchev–Trinajstić information content (AvgIpc) is 3.05. The summed E-state index contributed by atoms with van der Waals surface area (Å²) in [6, 6.07) is 0.389. The van der Waals surface area contributed by atoms with Gasteiger partial charge in [0.05, 0.1) is 6.54 Å². The summed E-state index contributed by atoms with van der Waals surface area (Å²) in [5, 5.41) is 5.13. The number of carbonyl (C=O) groups excluding carboxylic acids is 2. The summed E-state index contributed by atoms with van der Waals surface area (Å²) in [7, 11) is 0. The lowest BCUT2D eigenvalue weighted by atomic mass is 10.0. The van der Waals surface area contributed by atoms with Crippen LogP contribution in [0.3, 0.4) is 0 Å². The van der Waals surface area contributed by atoms with E-state index in [1.54, 1.807) is 0 Å². The Balaban J connectivity index is 1.69. The molecule has 1 aliphatic heterocycles. The normalized spacial score (nSPS) is 25.4. The van der Waals surface area contributed by atoms with Crippen LogP contribution in [0.1, 0.15) is 39.0 Å². The van der Waals surface area contributed by atoms with E-state index in [9.17, 15) is 9.59 Å². The molecule has 1 aliphatic carbocycles. The van der Waals surface area contributed by atoms with Crippen LogP contribution in [0.25, 0.3) is 0 Å². The largest absolute Gasteiger partial charge is 0.335 e. The molecule has 0 bridgehead atoms. The lowest BCUT2D eigenvalue weighted by molar-refractivity contribution is -0.122. The molecule has 1 saturated heterocycles. The first kappa shape index (κ1) is 12.4. The molecule has 17 heavy (non-hydrogen) atoms. The predicted octanol–water partition coefficient (Wildman–Crippen LogP) is 0.849. The Morgan fingerprint density at radius 2 is 2.00 bits per heavy atom. The zero-order valence-corrected chi connectivity index (χ0v) is 10.4. The number of urea groups is 1. The molecule has 5 nitrogen and oxygen atoms in total. The molecule has 2 rings (SSSR count). The molecule has 0 unspecified atom stereocenters. The summed E-state index contributed by atoms with van der Waals surface area (Å²) < 4.78 is 0. The molecule has 2 fully saturated rings. The van der Waals surface area contributed by atoms with Crippen LogP contribution in [-0.2, 0) is 4.79 Å². The fraction of sp³-hybridized carbons (Fsp3) is 0.833. The summed E-state index contributed by atoms with van der Waals surface area (Å²) in [4.78, 5) is 25.2. The molecule has 1 heterocycles. The first-order chi connectivity index (χ1) is 8.15. The maximum atomic E-state index is 11.7. The van der Waals surface area contributed by atoms with Crippen LogP contribution < -0.4 is 10.6 Å². The molecule has 0 spiro atoms. The van der Waals surface area contributed by atoms with Crippen molar-refractivity contribution in [3.05, 3.63) is 0 Å². The SMILES string of the molecule is C[C@H]1CCCCN1CC(=O)NC(=O)NC1CC1. The average molecular weight is 239 g/mol. The van der Waals surface area contributed by atoms with Gasteiger partial charge < -0.3 is 5.32 Å². The zero-order valence-electron chi connectivity index (χ0n) is 10.4. The Kier molecular flexibility index (Phi) is 3.99. The lowest BCUT2D eigenvalue weighted by Gasteiger charge is -2.32. The van der Waals surface area contributed by atoms with Gasteiger partial charge in [-0.05, 0) is 39.2 Å². The van der Waals surface area contributed by atoms with Crippen molar-refractivity contribution in [2.75, 3.05) is 13.1 Å². The molecule has 0 aromatic rings. The molecular weight excluding hydrogens is 218 g/mol. The Labute approximate surface area is 102 Å². The van der Waals surface area contributed by atoms with E-state index in [2.05, 4.69) is 22.5 Å². The van der Waals surface area contributed by atoms with Crippen molar-refractivity contribution in [3.8, 4) is 0 Å². The maximum Gasteiger partial charge on any atom is 0.321 e. The minimum Gasteiger partial charge on any atom is -0.335 e. The van der Waals surface area contributed by atoms with Gasteiger partial charge in [0.15, 0.2) is 0 Å². The Hall–Kier alpha value is -1.10. The molecule has 3 amide bonds. The van der Waals surface area contributed by atoms with Crippen LogP contribution in [0.15, 0.2) is 0 Å². The number of nitrogens with one attached hydrogen (secondary N) is 2. The van der Waals surface area contributed by atoms with Crippen LogP contribution >= 0.6 is 0 Å². The number of imide groups is 1. The number of hydrogen-bond donors (Lipinski definition) is 2. The van der Waals surface area contributed by atoms with Crippen molar-refractivity contribution in [2.24, 2.45) is 0 Å². The van der Waals surface area contributed by atoms with Gasteiger partial charge in [-0.3, -0.25) is 15.0 Å². The Morgan fingerprint density at radius 1 is 1.24 bits per heavy atom. The highest BCUT2D eigenvalue weighted by molar-refractivity contribution is 5.95. The molecule has 1 saturated carbocycles. The van der Waals surface area contributed by atoms with E-state index in [1.807, 2.05) is 0 Å². The standard InChI is InChI=1S/C12H21N3O2/c1-9-4-2-3-7-15(9)8-11(16)14-12(17)13-10-5-6-10/h9-10H,2-8H2,1H3,(H2,13,14,16,17)/t9-/m0/s1. The minimum atomic E-state index is -0.345. The van der Waals surface area contributed by atoms with E-state index in [-0.39, 0.29) is 18.0 Å². The fourth-order valence-electron chi connectivity index (χ4n) is 2.19. The van der Waals surface area contributed by atoms with E-state index in [0.717, 1.165) is 32.2 Å². The molecule has 1 atom stereocenters. The quantitative estimate of drug-likeness (QED) is 0.767. The number of hydrogen-bond acceptors (Lipinski definition) is 3. The summed E-state index contributed by atoms with van der Waals surface area (Å²) in [5.41, 5.74) is 0. The highest BCUT2D eigenvalue weighted by atomic mass is 16.2. The molecular formula is C12H21N3O2. The third-order valence-corrected chi connectivity index (χ3v) is 3.45. The minimum absolute atomic E-state index is 0.197. The topological polar surface area (TPSA) is 61.4 Å². The van der Waals surface area contributed by atoms with Gasteiger partial charge in [0.1, 0.15) is 0 Å². The van der Waals surface area contributed by atoms with Gasteiger partial charge in [-0.25, -0.2) is 4.79 Å². The van der Waals surface area contributed by atoms with E-state index in [0.29, 0.717) is 12.6 Å². The number of amides is 3. The number of piperidine rings is 1. The summed E-state index contributed by atoms with van der Waals surface area (Å²) in [5.74, 6) is -0.197. The van der Waals surface area contributed by atoms with Crippen molar-refractivity contribution in [1.82, 2.24) is 15.5 Å². The smallest absolute Gasteiger partial charge is 0.321 e. The molecule has 2 N–H and O–H groups in total. The number of carbonyl (C=O) groups is 2. The van der Waals surface area contributed by atoms with Gasteiger partial charge in [0.2, 0.25) is 5.91 Å². The third-order valence-electron chi connectivity index (χ3n) is 3.45. The van der Waals surface area contributed by atoms with Gasteiger partial charge in [-0.15, -0.1) is 0 Å². The molecule has 5 heteroatoms. The van der Waals surface area contributed by atoms with Gasteiger partial charge in [-0.2, -0.15) is 0 Å². The third kappa shape index (κ3) is 4.00. The van der Waals surface area contributed by atoms with E-state index >= 15 is 0 Å². The second-order valence-corrected chi connectivity index (χ2v) is 5.11. The fourth-order valence-corrected chi connectivity index (χ4v) is 2.19. The number of rotatable bonds is 3. The first-order valence-electron chi connectivity index (χ1n) is 6.49. The van der Waals surface area contributed by atoms with E-state index in [4.69, 9.17) is 0 Å². The van der Waals surface area contributed by atoms with Gasteiger partial charge in [0.25, 0.3) is 0 Å². The van der Waals surface area contributed by atoms with Crippen LogP contribution in [0.2, 0.25) is 0 Å². The van der Waals surface area contributed by atoms with Gasteiger partial charge in [0, 0.05) is 12.1 Å². The molecule has 0 aromatic carbocycles. The van der Waals surface area contributed by atoms with E-state index < -0.39 is 0 Å². The van der Waals surface area contributed by atoms with E-state index in [1.165, 1.54) is 6.42 Å². The van der Waals surface area contributed by atoms with Crippen molar-refractivity contribution in [3.63, 3.8) is 0 Å². The lowest BCUT2D eigenvalue weighted by Crippen LogP contribution is -2.48. The molecule has 96 valence electrons. The highest BCUT2D eigenvalue weighted by Gasteiger charge is 2.25. The van der Waals surface area contributed by atoms with Crippen molar-refractivity contribution in [1.29, 1.82) is 0 Å². The Bertz CT molecular complexity index is 302. The van der Waals surface area contributed by atoms with Crippen LogP contribution in [0.4, 0.5) is 4.79 Å². The number of likely N-dealkylation sites (tertiary alicyclic amines) is 1. The van der Waals surface area contributed by atoms with Gasteiger partial charge in [-0.1, -0.05) is 6.42 Å².